The molecule has 1 fully saturated rings. The molecule has 1 aliphatic heterocycles. The van der Waals surface area contributed by atoms with E-state index >= 15 is 0 Å². The molecule has 2 amide bonds. The number of anilines is 2. The molecule has 0 radical (unpaired) electrons. The van der Waals surface area contributed by atoms with E-state index in [9.17, 15) is 14.0 Å². The third-order valence-electron chi connectivity index (χ3n) is 5.47. The summed E-state index contributed by atoms with van der Waals surface area (Å²) in [6, 6.07) is 13.9. The van der Waals surface area contributed by atoms with Gasteiger partial charge in [0.1, 0.15) is 17.1 Å². The maximum Gasteiger partial charge on any atom is 0.291 e. The normalized spacial score (nSPS) is 14.7. The Morgan fingerprint density at radius 1 is 0.968 bits per heavy atom. The zero-order valence-corrected chi connectivity index (χ0v) is 17.9. The van der Waals surface area contributed by atoms with Crippen LogP contribution in [0.1, 0.15) is 31.3 Å². The lowest BCUT2D eigenvalue weighted by molar-refractivity contribution is -0.123. The topological polar surface area (TPSA) is 65.8 Å². The number of fused-ring (bicyclic) bond motifs is 1. The van der Waals surface area contributed by atoms with Crippen LogP contribution >= 0.6 is 0 Å². The molecule has 162 valence electrons. The van der Waals surface area contributed by atoms with E-state index in [4.69, 9.17) is 4.42 Å². The molecule has 0 atom stereocenters. The van der Waals surface area contributed by atoms with Gasteiger partial charge in [-0.05, 0) is 24.3 Å². The summed E-state index contributed by atoms with van der Waals surface area (Å²) in [6.07, 6.45) is 0. The SMILES string of the molecule is CC(C)(C)C(=O)Nc1c(C(=O)N2CCN(c3ccccc3F)CC2)oc2ccccc12. The summed E-state index contributed by atoms with van der Waals surface area (Å²) in [6.45, 7) is 7.32. The summed E-state index contributed by atoms with van der Waals surface area (Å²) in [7, 11) is 0. The Labute approximate surface area is 180 Å². The summed E-state index contributed by atoms with van der Waals surface area (Å²) in [5, 5.41) is 3.58. The largest absolute Gasteiger partial charge is 0.449 e. The summed E-state index contributed by atoms with van der Waals surface area (Å²) >= 11 is 0. The Kier molecular flexibility index (Phi) is 5.43. The van der Waals surface area contributed by atoms with E-state index in [1.54, 1.807) is 29.2 Å². The third kappa shape index (κ3) is 4.13. The molecule has 2 heterocycles. The standard InChI is InChI=1S/C24H26FN3O3/c1-24(2,3)23(30)26-20-16-8-4-7-11-19(16)31-21(20)22(29)28-14-12-27(13-15-28)18-10-6-5-9-17(18)25/h4-11H,12-15H2,1-3H3,(H,26,30). The maximum absolute atomic E-state index is 14.1. The second-order valence-corrected chi connectivity index (χ2v) is 8.74. The van der Waals surface area contributed by atoms with Crippen molar-refractivity contribution < 1.29 is 18.4 Å². The second kappa shape index (κ2) is 8.06. The number of hydrogen-bond donors (Lipinski definition) is 1. The summed E-state index contributed by atoms with van der Waals surface area (Å²) in [5.74, 6) is -0.629. The van der Waals surface area contributed by atoms with Gasteiger partial charge in [0.25, 0.3) is 5.91 Å². The zero-order chi connectivity index (χ0) is 22.2. The number of furan rings is 1. The van der Waals surface area contributed by atoms with Crippen LogP contribution in [0.5, 0.6) is 0 Å². The van der Waals surface area contributed by atoms with Crippen molar-refractivity contribution in [1.29, 1.82) is 0 Å². The van der Waals surface area contributed by atoms with Gasteiger partial charge in [0.05, 0.1) is 5.69 Å². The highest BCUT2D eigenvalue weighted by molar-refractivity contribution is 6.11. The van der Waals surface area contributed by atoms with Crippen LogP contribution in [0.3, 0.4) is 0 Å². The van der Waals surface area contributed by atoms with Crippen molar-refractivity contribution >= 4 is 34.2 Å². The number of para-hydroxylation sites is 2. The molecule has 0 spiro atoms. The predicted octanol–water partition coefficient (Wildman–Crippen LogP) is 4.52. The molecular weight excluding hydrogens is 397 g/mol. The van der Waals surface area contributed by atoms with Gasteiger partial charge < -0.3 is 19.5 Å². The highest BCUT2D eigenvalue weighted by atomic mass is 19.1. The molecule has 0 aliphatic carbocycles. The van der Waals surface area contributed by atoms with E-state index in [-0.39, 0.29) is 23.4 Å². The minimum Gasteiger partial charge on any atom is -0.449 e. The molecule has 3 aromatic rings. The van der Waals surface area contributed by atoms with Crippen LogP contribution in [0.4, 0.5) is 15.8 Å². The number of carbonyl (C=O) groups excluding carboxylic acids is 2. The number of halogens is 1. The minimum atomic E-state index is -0.621. The monoisotopic (exact) mass is 423 g/mol. The van der Waals surface area contributed by atoms with Gasteiger partial charge in [-0.1, -0.05) is 45.0 Å². The van der Waals surface area contributed by atoms with Crippen LogP contribution in [-0.2, 0) is 4.79 Å². The average molecular weight is 423 g/mol. The van der Waals surface area contributed by atoms with Gasteiger partial charge in [-0.3, -0.25) is 9.59 Å². The molecule has 0 unspecified atom stereocenters. The second-order valence-electron chi connectivity index (χ2n) is 8.74. The van der Waals surface area contributed by atoms with Crippen molar-refractivity contribution in [2.45, 2.75) is 20.8 Å². The highest BCUT2D eigenvalue weighted by Crippen LogP contribution is 2.33. The summed E-state index contributed by atoms with van der Waals surface area (Å²) in [4.78, 5) is 29.6. The fourth-order valence-electron chi connectivity index (χ4n) is 3.62. The van der Waals surface area contributed by atoms with Crippen LogP contribution in [-0.4, -0.2) is 42.9 Å². The lowest BCUT2D eigenvalue weighted by atomic mass is 9.95. The summed E-state index contributed by atoms with van der Waals surface area (Å²) < 4.78 is 20.0. The number of piperazine rings is 1. The Bertz CT molecular complexity index is 1120. The van der Waals surface area contributed by atoms with Gasteiger partial charge in [0.2, 0.25) is 11.7 Å². The molecule has 4 rings (SSSR count). The molecule has 6 nitrogen and oxygen atoms in total. The van der Waals surface area contributed by atoms with Crippen molar-refractivity contribution in [1.82, 2.24) is 4.90 Å². The first-order valence-electron chi connectivity index (χ1n) is 10.4. The Morgan fingerprint density at radius 3 is 2.29 bits per heavy atom. The quantitative estimate of drug-likeness (QED) is 0.673. The highest BCUT2D eigenvalue weighted by Gasteiger charge is 2.31. The van der Waals surface area contributed by atoms with Gasteiger partial charge in [0.15, 0.2) is 0 Å². The van der Waals surface area contributed by atoms with Gasteiger partial charge >= 0.3 is 0 Å². The fourth-order valence-corrected chi connectivity index (χ4v) is 3.62. The molecule has 31 heavy (non-hydrogen) atoms. The lowest BCUT2D eigenvalue weighted by Crippen LogP contribution is -2.49. The maximum atomic E-state index is 14.1. The lowest BCUT2D eigenvalue weighted by Gasteiger charge is -2.36. The molecule has 2 aromatic carbocycles. The third-order valence-corrected chi connectivity index (χ3v) is 5.47. The van der Waals surface area contributed by atoms with Crippen LogP contribution < -0.4 is 10.2 Å². The van der Waals surface area contributed by atoms with Crippen molar-refractivity contribution in [3.63, 3.8) is 0 Å². The van der Waals surface area contributed by atoms with Crippen molar-refractivity contribution in [3.05, 3.63) is 60.1 Å². The first-order chi connectivity index (χ1) is 14.8. The Morgan fingerprint density at radius 2 is 1.61 bits per heavy atom. The molecule has 1 saturated heterocycles. The fraction of sp³-hybridized carbons (Fsp3) is 0.333. The van der Waals surface area contributed by atoms with E-state index < -0.39 is 5.41 Å². The van der Waals surface area contributed by atoms with E-state index in [2.05, 4.69) is 5.32 Å². The molecule has 0 saturated carbocycles. The number of rotatable bonds is 3. The molecule has 1 aromatic heterocycles. The minimum absolute atomic E-state index is 0.123. The molecule has 1 N–H and O–H groups in total. The van der Waals surface area contributed by atoms with Crippen molar-refractivity contribution in [2.24, 2.45) is 5.41 Å². The summed E-state index contributed by atoms with van der Waals surface area (Å²) in [5.41, 5.74) is 0.859. The molecular formula is C24H26FN3O3. The number of hydrogen-bond acceptors (Lipinski definition) is 4. The van der Waals surface area contributed by atoms with Crippen LogP contribution in [0, 0.1) is 11.2 Å². The van der Waals surface area contributed by atoms with Crippen molar-refractivity contribution in [3.8, 4) is 0 Å². The number of nitrogens with zero attached hydrogens (tertiary/aromatic N) is 2. The van der Waals surface area contributed by atoms with Gasteiger partial charge in [-0.25, -0.2) is 4.39 Å². The number of carbonyl (C=O) groups is 2. The molecule has 7 heteroatoms. The van der Waals surface area contributed by atoms with Crippen LogP contribution in [0.25, 0.3) is 11.0 Å². The van der Waals surface area contributed by atoms with Crippen LogP contribution in [0.15, 0.2) is 52.9 Å². The van der Waals surface area contributed by atoms with E-state index in [1.807, 2.05) is 43.9 Å². The van der Waals surface area contributed by atoms with Gasteiger partial charge in [-0.2, -0.15) is 0 Å². The first-order valence-corrected chi connectivity index (χ1v) is 10.4. The number of nitrogens with one attached hydrogen (secondary N) is 1. The first kappa shape index (κ1) is 20.9. The number of benzene rings is 2. The van der Waals surface area contributed by atoms with E-state index in [0.717, 1.165) is 0 Å². The van der Waals surface area contributed by atoms with E-state index in [1.165, 1.54) is 6.07 Å². The van der Waals surface area contributed by atoms with Crippen LogP contribution in [0.2, 0.25) is 0 Å². The van der Waals surface area contributed by atoms with E-state index in [0.29, 0.717) is 48.5 Å². The van der Waals surface area contributed by atoms with Gasteiger partial charge in [-0.15, -0.1) is 0 Å². The zero-order valence-electron chi connectivity index (χ0n) is 17.9. The smallest absolute Gasteiger partial charge is 0.291 e. The molecule has 0 bridgehead atoms. The Hall–Kier alpha value is -3.35. The predicted molar refractivity (Wildman–Crippen MR) is 119 cm³/mol. The van der Waals surface area contributed by atoms with Gasteiger partial charge in [0, 0.05) is 37.0 Å². The molecule has 1 aliphatic rings. The van der Waals surface area contributed by atoms with Crippen molar-refractivity contribution in [2.75, 3.05) is 36.4 Å². The number of amides is 2. The average Bonchev–Trinajstić information content (AvgIpc) is 3.11. The Balaban J connectivity index is 1.58.